The van der Waals surface area contributed by atoms with E-state index in [1.54, 1.807) is 23.1 Å². The summed E-state index contributed by atoms with van der Waals surface area (Å²) in [7, 11) is 0. The Kier molecular flexibility index (Phi) is 5.90. The van der Waals surface area contributed by atoms with Crippen molar-refractivity contribution in [2.75, 3.05) is 30.3 Å². The second-order valence-electron chi connectivity index (χ2n) is 5.13. The zero-order valence-corrected chi connectivity index (χ0v) is 13.7. The molecule has 0 fully saturated rings. The summed E-state index contributed by atoms with van der Waals surface area (Å²) in [4.78, 5) is 20.7. The van der Waals surface area contributed by atoms with Gasteiger partial charge in [0.2, 0.25) is 11.9 Å². The van der Waals surface area contributed by atoms with Gasteiger partial charge in [-0.2, -0.15) is 10.1 Å². The minimum Gasteiger partial charge on any atom is -0.368 e. The summed E-state index contributed by atoms with van der Waals surface area (Å²) in [6.07, 6.45) is 3.43. The lowest BCUT2D eigenvalue weighted by Gasteiger charge is -2.13. The van der Waals surface area contributed by atoms with Crippen molar-refractivity contribution >= 4 is 17.7 Å². The van der Waals surface area contributed by atoms with Crippen molar-refractivity contribution in [2.45, 2.75) is 26.8 Å². The van der Waals surface area contributed by atoms with E-state index in [0.29, 0.717) is 19.0 Å². The molecular formula is C15H23N7O. The molecular weight excluding hydrogens is 294 g/mol. The first-order chi connectivity index (χ1) is 11.1. The van der Waals surface area contributed by atoms with E-state index >= 15 is 0 Å². The Bertz CT molecular complexity index is 627. The fourth-order valence-corrected chi connectivity index (χ4v) is 2.05. The van der Waals surface area contributed by atoms with Gasteiger partial charge in [0, 0.05) is 43.8 Å². The summed E-state index contributed by atoms with van der Waals surface area (Å²) < 4.78 is 1.62. The van der Waals surface area contributed by atoms with Crippen LogP contribution in [-0.4, -0.2) is 45.3 Å². The van der Waals surface area contributed by atoms with Gasteiger partial charge in [-0.25, -0.2) is 4.98 Å². The molecule has 0 aliphatic heterocycles. The van der Waals surface area contributed by atoms with Crippen LogP contribution in [0.15, 0.2) is 24.5 Å². The number of hydrogen-bond donors (Lipinski definition) is 3. The molecule has 2 heterocycles. The van der Waals surface area contributed by atoms with Crippen molar-refractivity contribution in [1.82, 2.24) is 25.1 Å². The lowest BCUT2D eigenvalue weighted by Crippen LogP contribution is -2.34. The molecule has 0 saturated carbocycles. The van der Waals surface area contributed by atoms with E-state index in [9.17, 15) is 4.79 Å². The standard InChI is InChI=1S/C15H23N7O/c1-4-16-15-20-11(2)10-13(21-15)17-7-8-18-14(23)12(3)22-9-5-6-19-22/h5-6,9-10,12H,4,7-8H2,1-3H3,(H,18,23)(H2,16,17,20,21). The predicted octanol–water partition coefficient (Wildman–Crippen LogP) is 1.20. The first-order valence-electron chi connectivity index (χ1n) is 7.70. The minimum atomic E-state index is -0.327. The Hall–Kier alpha value is -2.64. The molecule has 8 nitrogen and oxygen atoms in total. The van der Waals surface area contributed by atoms with Gasteiger partial charge in [-0.1, -0.05) is 0 Å². The fourth-order valence-electron chi connectivity index (χ4n) is 2.05. The summed E-state index contributed by atoms with van der Waals surface area (Å²) in [5.74, 6) is 1.27. The summed E-state index contributed by atoms with van der Waals surface area (Å²) in [5, 5.41) is 13.2. The maximum atomic E-state index is 12.0. The summed E-state index contributed by atoms with van der Waals surface area (Å²) >= 11 is 0. The minimum absolute atomic E-state index is 0.0669. The van der Waals surface area contributed by atoms with Gasteiger partial charge in [-0.15, -0.1) is 0 Å². The van der Waals surface area contributed by atoms with Gasteiger partial charge in [-0.3, -0.25) is 9.48 Å². The fraction of sp³-hybridized carbons (Fsp3) is 0.467. The quantitative estimate of drug-likeness (QED) is 0.633. The molecule has 23 heavy (non-hydrogen) atoms. The third kappa shape index (κ3) is 4.94. The highest BCUT2D eigenvalue weighted by molar-refractivity contribution is 5.79. The highest BCUT2D eigenvalue weighted by atomic mass is 16.2. The number of carbonyl (C=O) groups is 1. The highest BCUT2D eigenvalue weighted by Crippen LogP contribution is 2.09. The molecule has 0 radical (unpaired) electrons. The third-order valence-electron chi connectivity index (χ3n) is 3.22. The van der Waals surface area contributed by atoms with Crippen molar-refractivity contribution in [1.29, 1.82) is 0 Å². The van der Waals surface area contributed by atoms with Crippen LogP contribution in [0.4, 0.5) is 11.8 Å². The van der Waals surface area contributed by atoms with Crippen LogP contribution in [0.5, 0.6) is 0 Å². The van der Waals surface area contributed by atoms with E-state index < -0.39 is 0 Å². The molecule has 2 aromatic rings. The van der Waals surface area contributed by atoms with Crippen LogP contribution in [0.25, 0.3) is 0 Å². The van der Waals surface area contributed by atoms with Crippen LogP contribution in [0.1, 0.15) is 25.6 Å². The first-order valence-corrected chi connectivity index (χ1v) is 7.70. The predicted molar refractivity (Wildman–Crippen MR) is 89.4 cm³/mol. The Balaban J connectivity index is 1.78. The average molecular weight is 317 g/mol. The Morgan fingerprint density at radius 2 is 2.13 bits per heavy atom. The van der Waals surface area contributed by atoms with E-state index in [1.807, 2.05) is 26.8 Å². The van der Waals surface area contributed by atoms with Crippen LogP contribution in [0.3, 0.4) is 0 Å². The van der Waals surface area contributed by atoms with Crippen LogP contribution >= 0.6 is 0 Å². The normalized spacial score (nSPS) is 11.8. The van der Waals surface area contributed by atoms with Gasteiger partial charge in [0.15, 0.2) is 0 Å². The Morgan fingerprint density at radius 1 is 1.30 bits per heavy atom. The smallest absolute Gasteiger partial charge is 0.244 e. The SMILES string of the molecule is CCNc1nc(C)cc(NCCNC(=O)C(C)n2cccn2)n1. The van der Waals surface area contributed by atoms with Gasteiger partial charge in [0.1, 0.15) is 11.9 Å². The lowest BCUT2D eigenvalue weighted by atomic mass is 10.3. The summed E-state index contributed by atoms with van der Waals surface area (Å²) in [6.45, 7) is 7.58. The molecule has 2 aromatic heterocycles. The molecule has 0 aromatic carbocycles. The number of rotatable bonds is 8. The van der Waals surface area contributed by atoms with E-state index in [0.717, 1.165) is 18.1 Å². The molecule has 0 spiro atoms. The number of aryl methyl sites for hydroxylation is 1. The topological polar surface area (TPSA) is 96.8 Å². The molecule has 0 bridgehead atoms. The maximum Gasteiger partial charge on any atom is 0.244 e. The number of amides is 1. The molecule has 124 valence electrons. The monoisotopic (exact) mass is 317 g/mol. The van der Waals surface area contributed by atoms with Gasteiger partial charge >= 0.3 is 0 Å². The zero-order valence-electron chi connectivity index (χ0n) is 13.7. The third-order valence-corrected chi connectivity index (χ3v) is 3.22. The van der Waals surface area contributed by atoms with Crippen molar-refractivity contribution in [2.24, 2.45) is 0 Å². The number of hydrogen-bond acceptors (Lipinski definition) is 6. The number of nitrogens with zero attached hydrogens (tertiary/aromatic N) is 4. The molecule has 1 amide bonds. The van der Waals surface area contributed by atoms with E-state index in [2.05, 4.69) is 31.0 Å². The molecule has 3 N–H and O–H groups in total. The van der Waals surface area contributed by atoms with Gasteiger partial charge in [0.05, 0.1) is 0 Å². The molecule has 1 atom stereocenters. The number of anilines is 2. The molecule has 0 aliphatic carbocycles. The van der Waals surface area contributed by atoms with Crippen molar-refractivity contribution in [3.63, 3.8) is 0 Å². The molecule has 2 rings (SSSR count). The number of nitrogens with one attached hydrogen (secondary N) is 3. The van der Waals surface area contributed by atoms with Gasteiger partial charge in [0.25, 0.3) is 0 Å². The van der Waals surface area contributed by atoms with Gasteiger partial charge in [-0.05, 0) is 26.8 Å². The van der Waals surface area contributed by atoms with E-state index in [4.69, 9.17) is 0 Å². The average Bonchev–Trinajstić information content (AvgIpc) is 3.04. The lowest BCUT2D eigenvalue weighted by molar-refractivity contribution is -0.124. The zero-order chi connectivity index (χ0) is 16.7. The van der Waals surface area contributed by atoms with Crippen LogP contribution in [-0.2, 0) is 4.79 Å². The molecule has 0 saturated heterocycles. The second kappa shape index (κ2) is 8.11. The summed E-state index contributed by atoms with van der Waals surface area (Å²) in [5.41, 5.74) is 0.884. The molecule has 0 aliphatic rings. The van der Waals surface area contributed by atoms with E-state index in [-0.39, 0.29) is 11.9 Å². The van der Waals surface area contributed by atoms with Crippen molar-refractivity contribution < 1.29 is 4.79 Å². The molecule has 8 heteroatoms. The van der Waals surface area contributed by atoms with Crippen LogP contribution in [0.2, 0.25) is 0 Å². The molecule has 1 unspecified atom stereocenters. The van der Waals surface area contributed by atoms with Gasteiger partial charge < -0.3 is 16.0 Å². The van der Waals surface area contributed by atoms with Crippen molar-refractivity contribution in [3.8, 4) is 0 Å². The second-order valence-corrected chi connectivity index (χ2v) is 5.13. The maximum absolute atomic E-state index is 12.0. The van der Waals surface area contributed by atoms with E-state index in [1.165, 1.54) is 0 Å². The number of aromatic nitrogens is 4. The Morgan fingerprint density at radius 3 is 2.83 bits per heavy atom. The van der Waals surface area contributed by atoms with Crippen LogP contribution < -0.4 is 16.0 Å². The summed E-state index contributed by atoms with van der Waals surface area (Å²) in [6, 6.07) is 3.34. The largest absolute Gasteiger partial charge is 0.368 e. The first kappa shape index (κ1) is 16.7. The number of carbonyl (C=O) groups excluding carboxylic acids is 1. The van der Waals surface area contributed by atoms with Crippen LogP contribution in [0, 0.1) is 6.92 Å². The van der Waals surface area contributed by atoms with Crippen molar-refractivity contribution in [3.05, 3.63) is 30.2 Å². The Labute approximate surface area is 135 Å². The highest BCUT2D eigenvalue weighted by Gasteiger charge is 2.13.